The second-order valence-electron chi connectivity index (χ2n) is 11.1. The Morgan fingerprint density at radius 3 is 1.49 bits per heavy atom. The molecule has 0 aliphatic carbocycles. The number of aryl methyl sites for hydroxylation is 4. The third-order valence-electron chi connectivity index (χ3n) is 8.31. The molecule has 0 saturated carbocycles. The second-order valence-corrected chi connectivity index (χ2v) is 11.1. The maximum absolute atomic E-state index is 4.68. The van der Waals surface area contributed by atoms with E-state index in [-0.39, 0.29) is 0 Å². The van der Waals surface area contributed by atoms with E-state index in [2.05, 4.69) is 63.3 Å². The maximum atomic E-state index is 4.68. The molecule has 0 saturated heterocycles. The number of hydrogen-bond acceptors (Lipinski definition) is 6. The van der Waals surface area contributed by atoms with Crippen molar-refractivity contribution in [3.05, 3.63) is 109 Å². The van der Waals surface area contributed by atoms with E-state index in [4.69, 9.17) is 0 Å². The van der Waals surface area contributed by atoms with Crippen LogP contribution in [0.2, 0.25) is 0 Å². The molecule has 4 heterocycles. The molecular weight excluding hydrogens is 560 g/mol. The van der Waals surface area contributed by atoms with Crippen LogP contribution in [0.3, 0.4) is 0 Å². The average molecular weight is 591 g/mol. The standard InChI is InChI=1S/C35H30N10/c1-42-30-10-5-3-8-26(30)40-34(42)20-36-24-12-14-32-28(18-24)38-22-44(32)16-7-17-45-23-39-29-19-25(13-15-33(29)45)37-21-35-41-27-9-4-6-11-31(27)43(35)2/h3-6,8-15,18-23H,7,16-17H2,1-2H3. The summed E-state index contributed by atoms with van der Waals surface area (Å²) < 4.78 is 8.49. The molecule has 0 fully saturated rings. The zero-order valence-electron chi connectivity index (χ0n) is 25.0. The third-order valence-corrected chi connectivity index (χ3v) is 8.31. The van der Waals surface area contributed by atoms with Crippen molar-refractivity contribution >= 4 is 67.9 Å². The number of imidazole rings is 4. The summed E-state index contributed by atoms with van der Waals surface area (Å²) in [5.74, 6) is 1.63. The molecule has 0 aliphatic heterocycles. The highest BCUT2D eigenvalue weighted by Crippen LogP contribution is 2.23. The van der Waals surface area contributed by atoms with Crippen LogP contribution in [0.1, 0.15) is 18.1 Å². The Bertz CT molecular complexity index is 2230. The minimum absolute atomic E-state index is 0.816. The predicted octanol–water partition coefficient (Wildman–Crippen LogP) is 6.75. The van der Waals surface area contributed by atoms with Gasteiger partial charge in [-0.15, -0.1) is 0 Å². The van der Waals surface area contributed by atoms with Gasteiger partial charge in [-0.25, -0.2) is 19.9 Å². The summed E-state index contributed by atoms with van der Waals surface area (Å²) in [6, 6.07) is 28.5. The van der Waals surface area contributed by atoms with Gasteiger partial charge in [0.1, 0.15) is 0 Å². The zero-order chi connectivity index (χ0) is 30.3. The number of aliphatic imine (C=N–C) groups is 2. The van der Waals surface area contributed by atoms with Gasteiger partial charge in [0.05, 0.1) is 80.6 Å². The summed E-state index contributed by atoms with van der Waals surface area (Å²) in [6.45, 7) is 1.69. The largest absolute Gasteiger partial charge is 0.331 e. The van der Waals surface area contributed by atoms with Gasteiger partial charge < -0.3 is 18.3 Å². The van der Waals surface area contributed by atoms with Gasteiger partial charge in [-0.05, 0) is 67.1 Å². The van der Waals surface area contributed by atoms with E-state index in [1.807, 2.05) is 109 Å². The monoisotopic (exact) mass is 590 g/mol. The van der Waals surface area contributed by atoms with Gasteiger partial charge in [-0.1, -0.05) is 24.3 Å². The van der Waals surface area contributed by atoms with E-state index in [1.54, 1.807) is 0 Å². The minimum atomic E-state index is 0.816. The molecule has 0 bridgehead atoms. The first-order valence-corrected chi connectivity index (χ1v) is 14.9. The van der Waals surface area contributed by atoms with Crippen molar-refractivity contribution in [2.24, 2.45) is 24.1 Å². The van der Waals surface area contributed by atoms with Crippen LogP contribution in [-0.4, -0.2) is 50.6 Å². The molecule has 0 atom stereocenters. The maximum Gasteiger partial charge on any atom is 0.152 e. The molecule has 0 spiro atoms. The van der Waals surface area contributed by atoms with E-state index >= 15 is 0 Å². The topological polar surface area (TPSA) is 96.0 Å². The van der Waals surface area contributed by atoms with Gasteiger partial charge >= 0.3 is 0 Å². The van der Waals surface area contributed by atoms with Gasteiger partial charge in [-0.3, -0.25) is 9.98 Å². The van der Waals surface area contributed by atoms with E-state index in [0.29, 0.717) is 0 Å². The Hall–Kier alpha value is -5.90. The Morgan fingerprint density at radius 1 is 0.556 bits per heavy atom. The lowest BCUT2D eigenvalue weighted by atomic mass is 10.2. The first-order valence-electron chi connectivity index (χ1n) is 14.9. The van der Waals surface area contributed by atoms with Gasteiger partial charge in [-0.2, -0.15) is 0 Å². The third kappa shape index (κ3) is 4.96. The van der Waals surface area contributed by atoms with Gasteiger partial charge in [0, 0.05) is 27.2 Å². The summed E-state index contributed by atoms with van der Waals surface area (Å²) in [5, 5.41) is 0. The summed E-state index contributed by atoms with van der Waals surface area (Å²) in [5.41, 5.74) is 9.83. The molecule has 0 unspecified atom stereocenters. The van der Waals surface area contributed by atoms with Crippen molar-refractivity contribution in [2.75, 3.05) is 0 Å². The van der Waals surface area contributed by atoms with Gasteiger partial charge in [0.2, 0.25) is 0 Å². The summed E-state index contributed by atoms with van der Waals surface area (Å²) >= 11 is 0. The van der Waals surface area contributed by atoms with Crippen molar-refractivity contribution in [1.29, 1.82) is 0 Å². The fourth-order valence-corrected chi connectivity index (χ4v) is 5.86. The van der Waals surface area contributed by atoms with Crippen molar-refractivity contribution in [1.82, 2.24) is 38.2 Å². The van der Waals surface area contributed by atoms with E-state index < -0.39 is 0 Å². The van der Waals surface area contributed by atoms with Gasteiger partial charge in [0.15, 0.2) is 11.6 Å². The number of rotatable bonds is 8. The fraction of sp³-hybridized carbons (Fsp3) is 0.143. The van der Waals surface area contributed by atoms with Crippen LogP contribution in [0.25, 0.3) is 44.1 Å². The number of para-hydroxylation sites is 4. The SMILES string of the molecule is Cn1c(C=Nc2ccc3c(c2)ncn3CCCn2cnc3cc(N=Cc4nc5ccccc5n4C)ccc32)nc2ccccc21. The number of nitrogens with zero attached hydrogens (tertiary/aromatic N) is 10. The zero-order valence-corrected chi connectivity index (χ0v) is 25.0. The summed E-state index contributed by atoms with van der Waals surface area (Å²) in [4.78, 5) is 28.0. The van der Waals surface area contributed by atoms with E-state index in [1.165, 1.54) is 0 Å². The average Bonchev–Trinajstić information content (AvgIpc) is 3.83. The molecule has 0 N–H and O–H groups in total. The number of hydrogen-bond donors (Lipinski definition) is 0. The lowest BCUT2D eigenvalue weighted by Crippen LogP contribution is -2.02. The molecule has 4 aromatic carbocycles. The number of aromatic nitrogens is 8. The highest BCUT2D eigenvalue weighted by molar-refractivity contribution is 5.88. The van der Waals surface area contributed by atoms with Crippen molar-refractivity contribution < 1.29 is 0 Å². The van der Waals surface area contributed by atoms with Crippen LogP contribution >= 0.6 is 0 Å². The van der Waals surface area contributed by atoms with Crippen LogP contribution in [0, 0.1) is 0 Å². The highest BCUT2D eigenvalue weighted by Gasteiger charge is 2.09. The Balaban J connectivity index is 0.926. The molecule has 4 aromatic heterocycles. The molecule has 0 aliphatic rings. The first-order chi connectivity index (χ1) is 22.1. The van der Waals surface area contributed by atoms with Crippen LogP contribution in [0.15, 0.2) is 108 Å². The molecule has 10 heteroatoms. The number of fused-ring (bicyclic) bond motifs is 4. The predicted molar refractivity (Wildman–Crippen MR) is 180 cm³/mol. The lowest BCUT2D eigenvalue weighted by Gasteiger charge is -2.07. The Morgan fingerprint density at radius 2 is 1.02 bits per heavy atom. The fourth-order valence-electron chi connectivity index (χ4n) is 5.86. The molecule has 10 nitrogen and oxygen atoms in total. The second kappa shape index (κ2) is 11.0. The smallest absolute Gasteiger partial charge is 0.152 e. The minimum Gasteiger partial charge on any atom is -0.331 e. The molecule has 0 amide bonds. The molecule has 0 radical (unpaired) electrons. The molecule has 45 heavy (non-hydrogen) atoms. The normalized spacial score (nSPS) is 12.3. The van der Waals surface area contributed by atoms with Crippen LogP contribution < -0.4 is 0 Å². The summed E-state index contributed by atoms with van der Waals surface area (Å²) in [7, 11) is 4.01. The van der Waals surface area contributed by atoms with E-state index in [9.17, 15) is 0 Å². The van der Waals surface area contributed by atoms with Crippen molar-refractivity contribution in [3.63, 3.8) is 0 Å². The van der Waals surface area contributed by atoms with Crippen LogP contribution in [-0.2, 0) is 27.2 Å². The van der Waals surface area contributed by atoms with Crippen molar-refractivity contribution in [2.45, 2.75) is 19.5 Å². The first kappa shape index (κ1) is 26.7. The number of benzene rings is 4. The Kier molecular flexibility index (Phi) is 6.52. The lowest BCUT2D eigenvalue weighted by molar-refractivity contribution is 0.580. The molecule has 8 aromatic rings. The van der Waals surface area contributed by atoms with Crippen molar-refractivity contribution in [3.8, 4) is 0 Å². The molecule has 220 valence electrons. The molecule has 8 rings (SSSR count). The summed E-state index contributed by atoms with van der Waals surface area (Å²) in [6.07, 6.45) is 8.38. The molecular formula is C35H30N10. The van der Waals surface area contributed by atoms with Gasteiger partial charge in [0.25, 0.3) is 0 Å². The quantitative estimate of drug-likeness (QED) is 0.183. The van der Waals surface area contributed by atoms with E-state index in [0.717, 1.165) is 86.7 Å². The highest BCUT2D eigenvalue weighted by atomic mass is 15.1. The van der Waals surface area contributed by atoms with Crippen LogP contribution in [0.4, 0.5) is 11.4 Å². The Labute approximate surface area is 258 Å². The van der Waals surface area contributed by atoms with Crippen LogP contribution in [0.5, 0.6) is 0 Å².